The van der Waals surface area contributed by atoms with Crippen LogP contribution in [0.2, 0.25) is 0 Å². The van der Waals surface area contributed by atoms with Crippen LogP contribution < -0.4 is 5.32 Å². The number of carbonyl (C=O) groups excluding carboxylic acids is 3. The molecule has 1 N–H and O–H groups in total. The number of nitrogens with one attached hydrogen (secondary N) is 1. The van der Waals surface area contributed by atoms with Gasteiger partial charge in [-0.25, -0.2) is 4.79 Å². The minimum atomic E-state index is -0.522. The Morgan fingerprint density at radius 2 is 1.73 bits per heavy atom. The molecule has 0 spiro atoms. The van der Waals surface area contributed by atoms with Crippen molar-refractivity contribution in [2.75, 3.05) is 18.2 Å². The molecule has 2 aromatic carbocycles. The van der Waals surface area contributed by atoms with Gasteiger partial charge >= 0.3 is 5.97 Å². The van der Waals surface area contributed by atoms with E-state index < -0.39 is 5.97 Å². The fraction of sp³-hybridized carbons (Fsp3) is 0.250. The van der Waals surface area contributed by atoms with E-state index in [0.29, 0.717) is 23.2 Å². The molecule has 136 valence electrons. The lowest BCUT2D eigenvalue weighted by Gasteiger charge is -2.08. The zero-order valence-corrected chi connectivity index (χ0v) is 15.6. The van der Waals surface area contributed by atoms with Crippen molar-refractivity contribution in [2.24, 2.45) is 0 Å². The molecule has 0 fully saturated rings. The smallest absolute Gasteiger partial charge is 0.339 e. The van der Waals surface area contributed by atoms with Crippen LogP contribution in [0.3, 0.4) is 0 Å². The summed E-state index contributed by atoms with van der Waals surface area (Å²) in [5, 5.41) is 2.76. The van der Waals surface area contributed by atoms with Crippen LogP contribution >= 0.6 is 11.8 Å². The van der Waals surface area contributed by atoms with Gasteiger partial charge in [0.25, 0.3) is 0 Å². The molecule has 0 bridgehead atoms. The maximum atomic E-state index is 12.2. The van der Waals surface area contributed by atoms with E-state index in [-0.39, 0.29) is 18.3 Å². The third-order valence-corrected chi connectivity index (χ3v) is 4.42. The molecule has 0 radical (unpaired) electrons. The number of hydrogen-bond acceptors (Lipinski definition) is 5. The van der Waals surface area contributed by atoms with Crippen molar-refractivity contribution < 1.29 is 19.1 Å². The number of Topliss-reactive ketones (excluding diaryl/α,β-unsaturated/α-hetero) is 1. The van der Waals surface area contributed by atoms with Gasteiger partial charge in [0.2, 0.25) is 5.91 Å². The van der Waals surface area contributed by atoms with E-state index in [1.807, 2.05) is 25.3 Å². The fourth-order valence-electron chi connectivity index (χ4n) is 2.30. The van der Waals surface area contributed by atoms with Crippen molar-refractivity contribution in [3.05, 3.63) is 59.7 Å². The molecule has 0 heterocycles. The van der Waals surface area contributed by atoms with Crippen LogP contribution in [0.1, 0.15) is 40.5 Å². The Bertz CT molecular complexity index is 787. The molecular formula is C20H21NO4S. The van der Waals surface area contributed by atoms with Gasteiger partial charge in [-0.1, -0.05) is 19.1 Å². The van der Waals surface area contributed by atoms with Gasteiger partial charge in [0.1, 0.15) is 0 Å². The molecule has 26 heavy (non-hydrogen) atoms. The van der Waals surface area contributed by atoms with Crippen LogP contribution in [-0.4, -0.2) is 30.5 Å². The molecule has 0 saturated heterocycles. The van der Waals surface area contributed by atoms with Crippen molar-refractivity contribution >= 4 is 35.1 Å². The Hall–Kier alpha value is -2.60. The average Bonchev–Trinajstić information content (AvgIpc) is 2.66. The second-order valence-corrected chi connectivity index (χ2v) is 6.42. The topological polar surface area (TPSA) is 72.5 Å². The Kier molecular flexibility index (Phi) is 7.41. The van der Waals surface area contributed by atoms with Crippen LogP contribution in [0.25, 0.3) is 0 Å². The number of hydrogen-bond donors (Lipinski definition) is 1. The highest BCUT2D eigenvalue weighted by molar-refractivity contribution is 7.98. The third kappa shape index (κ3) is 5.46. The third-order valence-electron chi connectivity index (χ3n) is 3.63. The summed E-state index contributed by atoms with van der Waals surface area (Å²) in [6.45, 7) is 1.60. The predicted octanol–water partition coefficient (Wildman–Crippen LogP) is 4.19. The summed E-state index contributed by atoms with van der Waals surface area (Å²) in [4.78, 5) is 36.7. The van der Waals surface area contributed by atoms with E-state index >= 15 is 0 Å². The number of anilines is 1. The second kappa shape index (κ2) is 9.77. The molecule has 0 aliphatic carbocycles. The highest BCUT2D eigenvalue weighted by atomic mass is 32.2. The first-order valence-electron chi connectivity index (χ1n) is 8.28. The summed E-state index contributed by atoms with van der Waals surface area (Å²) in [5.74, 6) is -0.883. The molecule has 0 saturated carbocycles. The van der Waals surface area contributed by atoms with Crippen molar-refractivity contribution in [3.63, 3.8) is 0 Å². The Morgan fingerprint density at radius 3 is 2.38 bits per heavy atom. The van der Waals surface area contributed by atoms with E-state index in [2.05, 4.69) is 5.32 Å². The Labute approximate surface area is 157 Å². The molecule has 0 unspecified atom stereocenters. The summed E-state index contributed by atoms with van der Waals surface area (Å²) >= 11 is 1.44. The first kappa shape index (κ1) is 19.7. The van der Waals surface area contributed by atoms with Crippen molar-refractivity contribution in [1.82, 2.24) is 0 Å². The number of rotatable bonds is 8. The van der Waals surface area contributed by atoms with Crippen molar-refractivity contribution in [2.45, 2.75) is 24.7 Å². The van der Waals surface area contributed by atoms with Gasteiger partial charge in [-0.15, -0.1) is 11.8 Å². The monoisotopic (exact) mass is 371 g/mol. The number of amides is 1. The SMILES string of the molecule is CCCC(=O)Nc1ccc(C(=O)COC(=O)c2ccccc2SC)cc1. The van der Waals surface area contributed by atoms with Crippen LogP contribution in [0, 0.1) is 0 Å². The van der Waals surface area contributed by atoms with Gasteiger partial charge in [-0.3, -0.25) is 9.59 Å². The standard InChI is InChI=1S/C20H21NO4S/c1-3-6-19(23)21-15-11-9-14(10-12-15)17(22)13-25-20(24)16-7-4-5-8-18(16)26-2/h4-5,7-12H,3,6,13H2,1-2H3,(H,21,23). The molecule has 0 aliphatic heterocycles. The molecule has 2 rings (SSSR count). The first-order valence-corrected chi connectivity index (χ1v) is 9.51. The summed E-state index contributed by atoms with van der Waals surface area (Å²) in [6.07, 6.45) is 3.10. The zero-order valence-electron chi connectivity index (χ0n) is 14.8. The van der Waals surface area contributed by atoms with Crippen molar-refractivity contribution in [3.8, 4) is 0 Å². The number of ketones is 1. The van der Waals surface area contributed by atoms with E-state index in [0.717, 1.165) is 11.3 Å². The van der Waals surface area contributed by atoms with Crippen molar-refractivity contribution in [1.29, 1.82) is 0 Å². The number of carbonyl (C=O) groups is 3. The molecule has 0 aliphatic rings. The summed E-state index contributed by atoms with van der Waals surface area (Å²) in [5.41, 5.74) is 1.50. The minimum absolute atomic E-state index is 0.0621. The zero-order chi connectivity index (χ0) is 18.9. The van der Waals surface area contributed by atoms with Gasteiger partial charge < -0.3 is 10.1 Å². The van der Waals surface area contributed by atoms with E-state index in [1.165, 1.54) is 11.8 Å². The summed E-state index contributed by atoms with van der Waals surface area (Å²) in [7, 11) is 0. The van der Waals surface area contributed by atoms with Gasteiger partial charge in [0, 0.05) is 22.6 Å². The molecule has 0 atom stereocenters. The first-order chi connectivity index (χ1) is 12.5. The lowest BCUT2D eigenvalue weighted by atomic mass is 10.1. The highest BCUT2D eigenvalue weighted by Crippen LogP contribution is 2.20. The molecule has 5 nitrogen and oxygen atoms in total. The van der Waals surface area contributed by atoms with E-state index in [1.54, 1.807) is 36.4 Å². The molecule has 1 amide bonds. The molecule has 2 aromatic rings. The predicted molar refractivity (Wildman–Crippen MR) is 103 cm³/mol. The van der Waals surface area contributed by atoms with Crippen LogP contribution in [0.5, 0.6) is 0 Å². The van der Waals surface area contributed by atoms with Gasteiger partial charge in [-0.05, 0) is 49.1 Å². The van der Waals surface area contributed by atoms with Gasteiger partial charge in [-0.2, -0.15) is 0 Å². The number of thioether (sulfide) groups is 1. The summed E-state index contributed by atoms with van der Waals surface area (Å²) in [6, 6.07) is 13.6. The highest BCUT2D eigenvalue weighted by Gasteiger charge is 2.14. The summed E-state index contributed by atoms with van der Waals surface area (Å²) < 4.78 is 5.14. The lowest BCUT2D eigenvalue weighted by molar-refractivity contribution is -0.116. The second-order valence-electron chi connectivity index (χ2n) is 5.58. The normalized spacial score (nSPS) is 10.2. The van der Waals surface area contributed by atoms with Gasteiger partial charge in [0.15, 0.2) is 12.4 Å². The Morgan fingerprint density at radius 1 is 1.04 bits per heavy atom. The quantitative estimate of drug-likeness (QED) is 0.428. The Balaban J connectivity index is 1.93. The van der Waals surface area contributed by atoms with Crippen LogP contribution in [-0.2, 0) is 9.53 Å². The maximum absolute atomic E-state index is 12.2. The van der Waals surface area contributed by atoms with Crippen LogP contribution in [0.15, 0.2) is 53.4 Å². The number of benzene rings is 2. The number of ether oxygens (including phenoxy) is 1. The van der Waals surface area contributed by atoms with Gasteiger partial charge in [0.05, 0.1) is 5.56 Å². The molecular weight excluding hydrogens is 350 g/mol. The fourth-order valence-corrected chi connectivity index (χ4v) is 2.88. The molecule has 6 heteroatoms. The number of esters is 1. The van der Waals surface area contributed by atoms with E-state index in [4.69, 9.17) is 4.74 Å². The van der Waals surface area contributed by atoms with E-state index in [9.17, 15) is 14.4 Å². The average molecular weight is 371 g/mol. The maximum Gasteiger partial charge on any atom is 0.339 e. The largest absolute Gasteiger partial charge is 0.454 e. The minimum Gasteiger partial charge on any atom is -0.454 e. The molecule has 0 aromatic heterocycles. The van der Waals surface area contributed by atoms with Crippen LogP contribution in [0.4, 0.5) is 5.69 Å². The lowest BCUT2D eigenvalue weighted by Crippen LogP contribution is -2.15.